The second-order valence-electron chi connectivity index (χ2n) is 5.05. The fourth-order valence-electron chi connectivity index (χ4n) is 2.24. The molecule has 1 amide bonds. The molecule has 1 atom stereocenters. The maximum absolute atomic E-state index is 12.5. The SMILES string of the molecule is O=C(NC[C@@H](O)c1ccccc1)c1ccc(Cl)cc1-n1cnnn1. The Hall–Kier alpha value is -2.77. The molecule has 24 heavy (non-hydrogen) atoms. The summed E-state index contributed by atoms with van der Waals surface area (Å²) in [5.41, 5.74) is 1.54. The number of nitrogens with one attached hydrogen (secondary N) is 1. The quantitative estimate of drug-likeness (QED) is 0.736. The molecule has 0 aliphatic carbocycles. The van der Waals surface area contributed by atoms with Gasteiger partial charge in [-0.2, -0.15) is 4.68 Å². The number of aliphatic hydroxyl groups is 1. The van der Waals surface area contributed by atoms with E-state index in [1.165, 1.54) is 11.0 Å². The molecule has 8 heteroatoms. The van der Waals surface area contributed by atoms with Crippen molar-refractivity contribution in [3.8, 4) is 5.69 Å². The van der Waals surface area contributed by atoms with Crippen LogP contribution in [0.2, 0.25) is 5.02 Å². The highest BCUT2D eigenvalue weighted by Gasteiger charge is 2.16. The molecule has 0 saturated carbocycles. The monoisotopic (exact) mass is 343 g/mol. The first-order valence-electron chi connectivity index (χ1n) is 7.19. The molecule has 1 aromatic heterocycles. The summed E-state index contributed by atoms with van der Waals surface area (Å²) in [6.07, 6.45) is 0.584. The number of carbonyl (C=O) groups is 1. The van der Waals surface area contributed by atoms with Crippen molar-refractivity contribution in [2.75, 3.05) is 6.54 Å². The Labute approximate surface area is 142 Å². The first-order valence-corrected chi connectivity index (χ1v) is 7.57. The highest BCUT2D eigenvalue weighted by atomic mass is 35.5. The Balaban J connectivity index is 1.76. The van der Waals surface area contributed by atoms with Crippen LogP contribution >= 0.6 is 11.6 Å². The van der Waals surface area contributed by atoms with Crippen LogP contribution in [-0.2, 0) is 0 Å². The third-order valence-corrected chi connectivity index (χ3v) is 3.68. The maximum Gasteiger partial charge on any atom is 0.253 e. The van der Waals surface area contributed by atoms with Gasteiger partial charge in [-0.05, 0) is 34.2 Å². The number of aliphatic hydroxyl groups excluding tert-OH is 1. The third kappa shape index (κ3) is 3.58. The second-order valence-corrected chi connectivity index (χ2v) is 5.49. The average Bonchev–Trinajstić information content (AvgIpc) is 3.14. The molecule has 0 radical (unpaired) electrons. The topological polar surface area (TPSA) is 92.9 Å². The predicted molar refractivity (Wildman–Crippen MR) is 87.9 cm³/mol. The van der Waals surface area contributed by atoms with E-state index in [0.29, 0.717) is 16.3 Å². The summed E-state index contributed by atoms with van der Waals surface area (Å²) >= 11 is 5.99. The summed E-state index contributed by atoms with van der Waals surface area (Å²) < 4.78 is 1.36. The van der Waals surface area contributed by atoms with Crippen LogP contribution < -0.4 is 5.32 Å². The molecule has 3 rings (SSSR count). The van der Waals surface area contributed by atoms with Crippen LogP contribution in [0.15, 0.2) is 54.9 Å². The Bertz CT molecular complexity index is 824. The minimum atomic E-state index is -0.793. The summed E-state index contributed by atoms with van der Waals surface area (Å²) in [5, 5.41) is 24.2. The highest BCUT2D eigenvalue weighted by molar-refractivity contribution is 6.31. The van der Waals surface area contributed by atoms with Gasteiger partial charge in [0.25, 0.3) is 5.91 Å². The van der Waals surface area contributed by atoms with Crippen LogP contribution in [0.5, 0.6) is 0 Å². The molecule has 0 aliphatic rings. The fraction of sp³-hybridized carbons (Fsp3) is 0.125. The Morgan fingerprint density at radius 3 is 2.75 bits per heavy atom. The maximum atomic E-state index is 12.5. The lowest BCUT2D eigenvalue weighted by molar-refractivity contribution is 0.0916. The molecule has 7 nitrogen and oxygen atoms in total. The summed E-state index contributed by atoms with van der Waals surface area (Å²) in [4.78, 5) is 12.5. The van der Waals surface area contributed by atoms with Crippen LogP contribution in [0.3, 0.4) is 0 Å². The van der Waals surface area contributed by atoms with Crippen LogP contribution in [0, 0.1) is 0 Å². The molecule has 0 saturated heterocycles. The summed E-state index contributed by atoms with van der Waals surface area (Å²) in [5.74, 6) is -0.354. The number of halogens is 1. The van der Waals surface area contributed by atoms with Gasteiger partial charge >= 0.3 is 0 Å². The number of benzene rings is 2. The zero-order valence-corrected chi connectivity index (χ0v) is 13.3. The molecular formula is C16H14ClN5O2. The summed E-state index contributed by atoms with van der Waals surface area (Å²) in [6.45, 7) is 0.0838. The van der Waals surface area contributed by atoms with E-state index in [1.807, 2.05) is 18.2 Å². The van der Waals surface area contributed by atoms with Crippen molar-refractivity contribution in [2.24, 2.45) is 0 Å². The van der Waals surface area contributed by atoms with Crippen molar-refractivity contribution in [3.05, 3.63) is 71.0 Å². The van der Waals surface area contributed by atoms with Gasteiger partial charge in [-0.3, -0.25) is 4.79 Å². The van der Waals surface area contributed by atoms with Gasteiger partial charge in [0.05, 0.1) is 17.4 Å². The lowest BCUT2D eigenvalue weighted by atomic mass is 10.1. The highest BCUT2D eigenvalue weighted by Crippen LogP contribution is 2.19. The Morgan fingerprint density at radius 1 is 1.25 bits per heavy atom. The molecule has 0 bridgehead atoms. The van der Waals surface area contributed by atoms with E-state index in [4.69, 9.17) is 11.6 Å². The van der Waals surface area contributed by atoms with Gasteiger partial charge in [0, 0.05) is 11.6 Å². The third-order valence-electron chi connectivity index (χ3n) is 3.44. The zero-order valence-electron chi connectivity index (χ0n) is 12.5. The van der Waals surface area contributed by atoms with Crippen molar-refractivity contribution >= 4 is 17.5 Å². The van der Waals surface area contributed by atoms with Gasteiger partial charge in [-0.15, -0.1) is 5.10 Å². The van der Waals surface area contributed by atoms with Gasteiger partial charge in [0.15, 0.2) is 0 Å². The van der Waals surface area contributed by atoms with E-state index in [1.54, 1.807) is 30.3 Å². The van der Waals surface area contributed by atoms with E-state index in [0.717, 1.165) is 5.56 Å². The fourth-order valence-corrected chi connectivity index (χ4v) is 2.40. The zero-order chi connectivity index (χ0) is 16.9. The standard InChI is InChI=1S/C16H14ClN5O2/c17-12-6-7-13(14(8-12)22-10-19-20-21-22)16(24)18-9-15(23)11-4-2-1-3-5-11/h1-8,10,15,23H,9H2,(H,18,24)/t15-/m1/s1. The first-order chi connectivity index (χ1) is 11.6. The number of aromatic nitrogens is 4. The van der Waals surface area contributed by atoms with Crippen LogP contribution in [0.4, 0.5) is 0 Å². The Kier molecular flexibility index (Phi) is 4.83. The lowest BCUT2D eigenvalue weighted by Crippen LogP contribution is -2.29. The van der Waals surface area contributed by atoms with E-state index in [-0.39, 0.29) is 12.5 Å². The molecule has 0 fully saturated rings. The number of nitrogens with zero attached hydrogens (tertiary/aromatic N) is 4. The number of carbonyl (C=O) groups excluding carboxylic acids is 1. The van der Waals surface area contributed by atoms with Gasteiger partial charge in [0.1, 0.15) is 6.33 Å². The van der Waals surface area contributed by atoms with Crippen LogP contribution in [0.1, 0.15) is 22.0 Å². The van der Waals surface area contributed by atoms with Crippen molar-refractivity contribution in [3.63, 3.8) is 0 Å². The number of hydrogen-bond acceptors (Lipinski definition) is 5. The largest absolute Gasteiger partial charge is 0.387 e. The molecule has 2 N–H and O–H groups in total. The molecule has 122 valence electrons. The second kappa shape index (κ2) is 7.20. The smallest absolute Gasteiger partial charge is 0.253 e. The van der Waals surface area contributed by atoms with Crippen molar-refractivity contribution in [1.29, 1.82) is 0 Å². The molecule has 1 heterocycles. The molecule has 3 aromatic rings. The summed E-state index contributed by atoms with van der Waals surface area (Å²) in [7, 11) is 0. The van der Waals surface area contributed by atoms with E-state index in [9.17, 15) is 9.90 Å². The number of rotatable bonds is 5. The van der Waals surface area contributed by atoms with Crippen molar-refractivity contribution in [2.45, 2.75) is 6.10 Å². The first kappa shape index (κ1) is 16.1. The lowest BCUT2D eigenvalue weighted by Gasteiger charge is -2.14. The number of tetrazole rings is 1. The molecule has 2 aromatic carbocycles. The average molecular weight is 344 g/mol. The predicted octanol–water partition coefficient (Wildman–Crippen LogP) is 1.78. The Morgan fingerprint density at radius 2 is 2.04 bits per heavy atom. The van der Waals surface area contributed by atoms with Gasteiger partial charge in [0.2, 0.25) is 0 Å². The van der Waals surface area contributed by atoms with Crippen molar-refractivity contribution < 1.29 is 9.90 Å². The van der Waals surface area contributed by atoms with Crippen LogP contribution in [0.25, 0.3) is 5.69 Å². The number of hydrogen-bond donors (Lipinski definition) is 2. The molecule has 0 unspecified atom stereocenters. The van der Waals surface area contributed by atoms with E-state index < -0.39 is 6.10 Å². The van der Waals surface area contributed by atoms with Gasteiger partial charge in [-0.1, -0.05) is 41.9 Å². The number of amides is 1. The summed E-state index contributed by atoms with van der Waals surface area (Å²) in [6, 6.07) is 13.9. The van der Waals surface area contributed by atoms with E-state index in [2.05, 4.69) is 20.8 Å². The molecule has 0 aliphatic heterocycles. The van der Waals surface area contributed by atoms with E-state index >= 15 is 0 Å². The minimum absolute atomic E-state index is 0.0838. The van der Waals surface area contributed by atoms with Gasteiger partial charge in [-0.25, -0.2) is 0 Å². The van der Waals surface area contributed by atoms with Gasteiger partial charge < -0.3 is 10.4 Å². The molecular weight excluding hydrogens is 330 g/mol. The van der Waals surface area contributed by atoms with Crippen molar-refractivity contribution in [1.82, 2.24) is 25.5 Å². The minimum Gasteiger partial charge on any atom is -0.387 e. The molecule has 0 spiro atoms. The normalized spacial score (nSPS) is 11.9. The van der Waals surface area contributed by atoms with Crippen LogP contribution in [-0.4, -0.2) is 37.8 Å².